The van der Waals surface area contributed by atoms with Crippen LogP contribution in [0.4, 0.5) is 0 Å². The van der Waals surface area contributed by atoms with Gasteiger partial charge in [0.25, 0.3) is 0 Å². The highest BCUT2D eigenvalue weighted by Gasteiger charge is 2.21. The Hall–Kier alpha value is -1.81. The maximum Gasteiger partial charge on any atom is 0.140 e. The van der Waals surface area contributed by atoms with Gasteiger partial charge in [0.2, 0.25) is 0 Å². The largest absolute Gasteiger partial charge is 0.484 e. The summed E-state index contributed by atoms with van der Waals surface area (Å²) >= 11 is 0. The van der Waals surface area contributed by atoms with Crippen LogP contribution in [-0.2, 0) is 13.1 Å². The fourth-order valence-corrected chi connectivity index (χ4v) is 2.41. The van der Waals surface area contributed by atoms with E-state index in [1.165, 1.54) is 5.69 Å². The molecule has 0 saturated heterocycles. The molecule has 0 spiro atoms. The molecule has 0 fully saturated rings. The first kappa shape index (κ1) is 11.3. The summed E-state index contributed by atoms with van der Waals surface area (Å²) in [6.45, 7) is 1.58. The molecule has 0 radical (unpaired) electrons. The number of aromatic nitrogens is 2. The second kappa shape index (κ2) is 4.82. The molecule has 1 aliphatic rings. The first-order chi connectivity index (χ1) is 8.86. The Kier molecular flexibility index (Phi) is 3.02. The molecule has 1 aromatic heterocycles. The lowest BCUT2D eigenvalue weighted by atomic mass is 10.1. The van der Waals surface area contributed by atoms with Crippen LogP contribution in [0.2, 0.25) is 0 Å². The highest BCUT2D eigenvalue weighted by molar-refractivity contribution is 5.29. The Morgan fingerprint density at radius 2 is 2.39 bits per heavy atom. The first-order valence-electron chi connectivity index (χ1n) is 6.32. The van der Waals surface area contributed by atoms with Crippen LogP contribution in [0.25, 0.3) is 0 Å². The number of imidazole rings is 1. The number of hydrogen-bond acceptors (Lipinski definition) is 3. The topological polar surface area (TPSA) is 53.1 Å². The van der Waals surface area contributed by atoms with Crippen LogP contribution in [0.15, 0.2) is 36.8 Å². The minimum Gasteiger partial charge on any atom is -0.484 e. The molecule has 2 heterocycles. The number of benzene rings is 1. The monoisotopic (exact) mass is 243 g/mol. The van der Waals surface area contributed by atoms with Gasteiger partial charge in [-0.05, 0) is 30.5 Å². The van der Waals surface area contributed by atoms with E-state index in [2.05, 4.69) is 9.55 Å². The van der Waals surface area contributed by atoms with Gasteiger partial charge >= 0.3 is 0 Å². The first-order valence-corrected chi connectivity index (χ1v) is 6.32. The smallest absolute Gasteiger partial charge is 0.140 e. The Bertz CT molecular complexity index is 535. The summed E-state index contributed by atoms with van der Waals surface area (Å²) in [5.41, 5.74) is 7.90. The number of hydrogen-bond donors (Lipinski definition) is 1. The van der Waals surface area contributed by atoms with Crippen molar-refractivity contribution in [3.63, 3.8) is 0 Å². The van der Waals surface area contributed by atoms with Gasteiger partial charge in [0.15, 0.2) is 0 Å². The van der Waals surface area contributed by atoms with E-state index in [1.54, 1.807) is 0 Å². The predicted octanol–water partition coefficient (Wildman–Crippen LogP) is 2.26. The zero-order valence-corrected chi connectivity index (χ0v) is 10.2. The summed E-state index contributed by atoms with van der Waals surface area (Å²) in [6.07, 6.45) is 6.05. The van der Waals surface area contributed by atoms with Crippen molar-refractivity contribution in [3.8, 4) is 5.75 Å². The number of fused-ring (bicyclic) bond motifs is 1. The van der Waals surface area contributed by atoms with Gasteiger partial charge in [0, 0.05) is 13.1 Å². The molecule has 94 valence electrons. The van der Waals surface area contributed by atoms with E-state index in [0.717, 1.165) is 30.7 Å². The van der Waals surface area contributed by atoms with E-state index in [0.29, 0.717) is 6.54 Å². The third-order valence-corrected chi connectivity index (χ3v) is 3.35. The average molecular weight is 243 g/mol. The van der Waals surface area contributed by atoms with E-state index in [9.17, 15) is 0 Å². The summed E-state index contributed by atoms with van der Waals surface area (Å²) in [6, 6.07) is 7.99. The summed E-state index contributed by atoms with van der Waals surface area (Å²) < 4.78 is 8.23. The molecule has 2 N–H and O–H groups in total. The van der Waals surface area contributed by atoms with E-state index < -0.39 is 0 Å². The maximum atomic E-state index is 6.07. The molecule has 0 saturated carbocycles. The van der Waals surface area contributed by atoms with Crippen molar-refractivity contribution in [1.82, 2.24) is 9.55 Å². The molecule has 0 bridgehead atoms. The maximum absolute atomic E-state index is 6.07. The molecule has 1 aromatic carbocycles. The third-order valence-electron chi connectivity index (χ3n) is 3.35. The van der Waals surface area contributed by atoms with E-state index in [1.807, 2.05) is 36.8 Å². The molecule has 0 amide bonds. The van der Waals surface area contributed by atoms with Crippen LogP contribution in [-0.4, -0.2) is 9.55 Å². The molecule has 1 unspecified atom stereocenters. The highest BCUT2D eigenvalue weighted by Crippen LogP contribution is 2.29. The molecule has 0 aliphatic carbocycles. The van der Waals surface area contributed by atoms with Crippen LogP contribution in [0.3, 0.4) is 0 Å². The molecule has 2 aromatic rings. The number of nitrogens with zero attached hydrogens (tertiary/aromatic N) is 2. The van der Waals surface area contributed by atoms with E-state index in [4.69, 9.17) is 10.5 Å². The second-order valence-electron chi connectivity index (χ2n) is 4.61. The predicted molar refractivity (Wildman–Crippen MR) is 69.2 cm³/mol. The Labute approximate surface area is 106 Å². The van der Waals surface area contributed by atoms with Crippen molar-refractivity contribution in [2.24, 2.45) is 5.73 Å². The summed E-state index contributed by atoms with van der Waals surface area (Å²) in [4.78, 5) is 4.19. The average Bonchev–Trinajstić information content (AvgIpc) is 2.88. The van der Waals surface area contributed by atoms with Crippen molar-refractivity contribution >= 4 is 0 Å². The van der Waals surface area contributed by atoms with E-state index >= 15 is 0 Å². The van der Waals surface area contributed by atoms with Gasteiger partial charge in [-0.1, -0.05) is 12.1 Å². The zero-order chi connectivity index (χ0) is 12.4. The van der Waals surface area contributed by atoms with Crippen molar-refractivity contribution in [2.75, 3.05) is 0 Å². The zero-order valence-electron chi connectivity index (χ0n) is 10.2. The SMILES string of the molecule is NCc1cccc(OC2CCCn3cncc32)c1. The molecule has 1 aliphatic heterocycles. The number of aryl methyl sites for hydroxylation is 1. The quantitative estimate of drug-likeness (QED) is 0.899. The molecule has 3 rings (SSSR count). The van der Waals surface area contributed by atoms with Crippen LogP contribution in [0.1, 0.15) is 30.2 Å². The molecule has 4 nitrogen and oxygen atoms in total. The van der Waals surface area contributed by atoms with Crippen molar-refractivity contribution in [2.45, 2.75) is 32.0 Å². The molecule has 1 atom stereocenters. The van der Waals surface area contributed by atoms with Gasteiger partial charge in [-0.25, -0.2) is 4.98 Å². The van der Waals surface area contributed by atoms with Gasteiger partial charge < -0.3 is 15.0 Å². The number of ether oxygens (including phenoxy) is 1. The van der Waals surface area contributed by atoms with Gasteiger partial charge in [0.05, 0.1) is 18.2 Å². The summed E-state index contributed by atoms with van der Waals surface area (Å²) in [5.74, 6) is 0.887. The molecular formula is C14H17N3O. The fourth-order valence-electron chi connectivity index (χ4n) is 2.41. The van der Waals surface area contributed by atoms with Crippen molar-refractivity contribution in [3.05, 3.63) is 48.0 Å². The van der Waals surface area contributed by atoms with Crippen molar-refractivity contribution < 1.29 is 4.74 Å². The normalized spacial score (nSPS) is 18.4. The number of nitrogens with two attached hydrogens (primary N) is 1. The van der Waals surface area contributed by atoms with Gasteiger partial charge in [-0.2, -0.15) is 0 Å². The van der Waals surface area contributed by atoms with Crippen molar-refractivity contribution in [1.29, 1.82) is 0 Å². The van der Waals surface area contributed by atoms with Crippen LogP contribution in [0.5, 0.6) is 5.75 Å². The minimum atomic E-state index is 0.106. The highest BCUT2D eigenvalue weighted by atomic mass is 16.5. The molecular weight excluding hydrogens is 226 g/mol. The molecule has 18 heavy (non-hydrogen) atoms. The Morgan fingerprint density at radius 3 is 3.28 bits per heavy atom. The third kappa shape index (κ3) is 2.11. The fraction of sp³-hybridized carbons (Fsp3) is 0.357. The van der Waals surface area contributed by atoms with Gasteiger partial charge in [-0.15, -0.1) is 0 Å². The summed E-state index contributed by atoms with van der Waals surface area (Å²) in [5, 5.41) is 0. The Morgan fingerprint density at radius 1 is 1.44 bits per heavy atom. The van der Waals surface area contributed by atoms with Gasteiger partial charge in [0.1, 0.15) is 11.9 Å². The minimum absolute atomic E-state index is 0.106. The molecule has 4 heteroatoms. The lowest BCUT2D eigenvalue weighted by molar-refractivity contribution is 0.164. The number of rotatable bonds is 3. The Balaban J connectivity index is 1.81. The van der Waals surface area contributed by atoms with Crippen LogP contribution < -0.4 is 10.5 Å². The standard InChI is InChI=1S/C14H17N3O/c15-8-11-3-1-4-12(7-11)18-14-5-2-6-17-10-16-9-13(14)17/h1,3-4,7,9-10,14H,2,5-6,8,15H2. The lowest BCUT2D eigenvalue weighted by Crippen LogP contribution is -2.18. The van der Waals surface area contributed by atoms with E-state index in [-0.39, 0.29) is 6.10 Å². The summed E-state index contributed by atoms with van der Waals surface area (Å²) in [7, 11) is 0. The van der Waals surface area contributed by atoms with Gasteiger partial charge in [-0.3, -0.25) is 0 Å². The van der Waals surface area contributed by atoms with Crippen LogP contribution in [0, 0.1) is 0 Å². The second-order valence-corrected chi connectivity index (χ2v) is 4.61. The lowest BCUT2D eigenvalue weighted by Gasteiger charge is -2.25. The van der Waals surface area contributed by atoms with Crippen LogP contribution >= 0.6 is 0 Å².